The second-order valence-corrected chi connectivity index (χ2v) is 11.9. The smallest absolute Gasteiger partial charge is 0.394 e. The monoisotopic (exact) mass is 642 g/mol. The number of unbranched alkanes of at least 4 members (excludes halogenated alkanes) is 2. The first-order valence-electron chi connectivity index (χ1n) is 16.3. The van der Waals surface area contributed by atoms with Crippen LogP contribution in [-0.2, 0) is 6.42 Å². The second kappa shape index (κ2) is 18.5. The van der Waals surface area contributed by atoms with Gasteiger partial charge in [0.25, 0.3) is 0 Å². The van der Waals surface area contributed by atoms with Gasteiger partial charge in [0.2, 0.25) is 0 Å². The van der Waals surface area contributed by atoms with Gasteiger partial charge in [-0.3, -0.25) is 9.20 Å². The standard InChI is InChI=1S/C16H24F2O.C11H14F2.C11H12N2O/c1-4-6-8-13(7-5-2)14-9-11-15(12-10-14)19-16(3,17)18;1-3-4-5-9-6-10(12)8(2)11(13)7-9;1-7-4-5-13-10(6-7)12-8(2)11(13)9(3)14/h9-13H,4-8H2,1-3H3;6-7H,3-5H2,1-2H3;4-6H,1-3H3. The number of rotatable bonds is 12. The van der Waals surface area contributed by atoms with Crippen LogP contribution in [0.3, 0.4) is 0 Å². The molecule has 4 rings (SSSR count). The summed E-state index contributed by atoms with van der Waals surface area (Å²) in [4.78, 5) is 15.7. The van der Waals surface area contributed by atoms with E-state index in [1.807, 2.05) is 48.7 Å². The molecular weight excluding hydrogens is 592 g/mol. The van der Waals surface area contributed by atoms with Gasteiger partial charge in [0.15, 0.2) is 5.78 Å². The van der Waals surface area contributed by atoms with Gasteiger partial charge >= 0.3 is 6.11 Å². The Balaban J connectivity index is 0.000000245. The number of aryl methyl sites for hydroxylation is 3. The van der Waals surface area contributed by atoms with E-state index in [4.69, 9.17) is 0 Å². The predicted molar refractivity (Wildman–Crippen MR) is 179 cm³/mol. The third kappa shape index (κ3) is 12.3. The van der Waals surface area contributed by atoms with Gasteiger partial charge in [0, 0.05) is 25.6 Å². The number of halogens is 4. The molecule has 0 saturated heterocycles. The van der Waals surface area contributed by atoms with Crippen molar-refractivity contribution in [3.8, 4) is 5.75 Å². The number of hydrogen-bond acceptors (Lipinski definition) is 3. The zero-order chi connectivity index (χ0) is 34.4. The molecule has 0 fully saturated rings. The van der Waals surface area contributed by atoms with Crippen molar-refractivity contribution in [2.24, 2.45) is 0 Å². The highest BCUT2D eigenvalue weighted by Gasteiger charge is 2.23. The van der Waals surface area contributed by atoms with Crippen LogP contribution in [0.5, 0.6) is 5.75 Å². The number of imidazole rings is 1. The van der Waals surface area contributed by atoms with Crippen LogP contribution in [-0.4, -0.2) is 21.3 Å². The fourth-order valence-electron chi connectivity index (χ4n) is 5.20. The van der Waals surface area contributed by atoms with Crippen LogP contribution < -0.4 is 4.74 Å². The highest BCUT2D eigenvalue weighted by molar-refractivity contribution is 5.94. The van der Waals surface area contributed by atoms with Gasteiger partial charge in [0.05, 0.1) is 5.69 Å². The summed E-state index contributed by atoms with van der Waals surface area (Å²) in [5, 5.41) is 0. The number of Topliss-reactive ketones (excluding diaryl/α,β-unsaturated/α-hetero) is 1. The number of pyridine rings is 1. The number of ether oxygens (including phenoxy) is 1. The molecular formula is C38H50F4N2O2. The molecule has 4 nitrogen and oxygen atoms in total. The lowest BCUT2D eigenvalue weighted by Gasteiger charge is -2.18. The van der Waals surface area contributed by atoms with E-state index in [1.165, 1.54) is 37.5 Å². The molecule has 0 spiro atoms. The number of nitrogens with zero attached hydrogens (tertiary/aromatic N) is 2. The zero-order valence-corrected chi connectivity index (χ0v) is 28.7. The molecule has 2 aromatic heterocycles. The molecule has 2 aromatic carbocycles. The summed E-state index contributed by atoms with van der Waals surface area (Å²) in [5.74, 6) is -0.0702. The van der Waals surface area contributed by atoms with Crippen molar-refractivity contribution in [2.75, 3.05) is 0 Å². The molecule has 0 aliphatic heterocycles. The lowest BCUT2D eigenvalue weighted by Crippen LogP contribution is -2.19. The first-order chi connectivity index (χ1) is 21.7. The molecule has 4 aromatic rings. The second-order valence-electron chi connectivity index (χ2n) is 11.9. The molecule has 0 radical (unpaired) electrons. The Bertz CT molecular complexity index is 1500. The van der Waals surface area contributed by atoms with Gasteiger partial charge in [0.1, 0.15) is 28.7 Å². The maximum absolute atomic E-state index is 13.0. The number of alkyl halides is 2. The average molecular weight is 643 g/mol. The highest BCUT2D eigenvalue weighted by Crippen LogP contribution is 2.29. The Morgan fingerprint density at radius 2 is 1.50 bits per heavy atom. The molecule has 2 heterocycles. The maximum Gasteiger partial charge on any atom is 0.394 e. The normalized spacial score (nSPS) is 11.7. The van der Waals surface area contributed by atoms with Gasteiger partial charge in [-0.2, -0.15) is 8.78 Å². The molecule has 0 saturated carbocycles. The number of hydrogen-bond donors (Lipinski definition) is 0. The first kappa shape index (κ1) is 38.5. The number of aromatic nitrogens is 2. The Hall–Kier alpha value is -3.68. The predicted octanol–water partition coefficient (Wildman–Crippen LogP) is 11.5. The van der Waals surface area contributed by atoms with E-state index in [1.54, 1.807) is 19.1 Å². The SMILES string of the molecule is CC(=O)c1c(C)nc2cc(C)ccn12.CCCCC(CCC)c1ccc(OC(C)(F)F)cc1.CCCCc1cc(F)c(C)c(F)c1. The van der Waals surface area contributed by atoms with Crippen LogP contribution in [0, 0.1) is 32.4 Å². The van der Waals surface area contributed by atoms with Crippen LogP contribution in [0.4, 0.5) is 17.6 Å². The maximum atomic E-state index is 13.0. The van der Waals surface area contributed by atoms with Gasteiger partial charge in [-0.25, -0.2) is 13.8 Å². The summed E-state index contributed by atoms with van der Waals surface area (Å²) in [7, 11) is 0. The van der Waals surface area contributed by atoms with Crippen LogP contribution in [0.1, 0.15) is 124 Å². The molecule has 0 bridgehead atoms. The van der Waals surface area contributed by atoms with Crippen molar-refractivity contribution in [3.05, 3.63) is 100 Å². The number of fused-ring (bicyclic) bond motifs is 1. The average Bonchev–Trinajstić information content (AvgIpc) is 3.32. The molecule has 1 unspecified atom stereocenters. The number of ketones is 1. The van der Waals surface area contributed by atoms with Gasteiger partial charge in [-0.05, 0) is 105 Å². The Labute approximate surface area is 272 Å². The third-order valence-electron chi connectivity index (χ3n) is 7.64. The largest absolute Gasteiger partial charge is 0.433 e. The molecule has 0 amide bonds. The number of carbonyl (C=O) groups excluding carboxylic acids is 1. The summed E-state index contributed by atoms with van der Waals surface area (Å²) in [6, 6.07) is 13.9. The highest BCUT2D eigenvalue weighted by atomic mass is 19.3. The summed E-state index contributed by atoms with van der Waals surface area (Å²) in [6.07, 6.45) is 7.37. The molecule has 8 heteroatoms. The molecule has 0 aliphatic rings. The van der Waals surface area contributed by atoms with Crippen LogP contribution >= 0.6 is 0 Å². The van der Waals surface area contributed by atoms with Crippen molar-refractivity contribution < 1.29 is 27.1 Å². The van der Waals surface area contributed by atoms with Crippen molar-refractivity contribution in [3.63, 3.8) is 0 Å². The van der Waals surface area contributed by atoms with Gasteiger partial charge in [-0.1, -0.05) is 58.6 Å². The lowest BCUT2D eigenvalue weighted by molar-refractivity contribution is -0.158. The quantitative estimate of drug-likeness (QED) is 0.114. The van der Waals surface area contributed by atoms with Crippen LogP contribution in [0.2, 0.25) is 0 Å². The first-order valence-corrected chi connectivity index (χ1v) is 16.3. The summed E-state index contributed by atoms with van der Waals surface area (Å²) in [6.45, 7) is 14.1. The lowest BCUT2D eigenvalue weighted by atomic mass is 9.90. The van der Waals surface area contributed by atoms with Crippen LogP contribution in [0.25, 0.3) is 5.65 Å². The van der Waals surface area contributed by atoms with E-state index in [2.05, 4.69) is 30.5 Å². The van der Waals surface area contributed by atoms with E-state index < -0.39 is 17.7 Å². The van der Waals surface area contributed by atoms with Crippen molar-refractivity contribution in [1.82, 2.24) is 9.38 Å². The minimum Gasteiger partial charge on any atom is -0.433 e. The summed E-state index contributed by atoms with van der Waals surface area (Å²) >= 11 is 0. The Morgan fingerprint density at radius 3 is 2.02 bits per heavy atom. The van der Waals surface area contributed by atoms with Crippen molar-refractivity contribution in [1.29, 1.82) is 0 Å². The van der Waals surface area contributed by atoms with E-state index in [-0.39, 0.29) is 17.1 Å². The zero-order valence-electron chi connectivity index (χ0n) is 28.7. The van der Waals surface area contributed by atoms with Crippen molar-refractivity contribution in [2.45, 2.75) is 119 Å². The van der Waals surface area contributed by atoms with E-state index in [0.717, 1.165) is 67.9 Å². The molecule has 0 N–H and O–H groups in total. The Morgan fingerprint density at radius 1 is 0.891 bits per heavy atom. The minimum absolute atomic E-state index is 0.0545. The molecule has 1 atom stereocenters. The topological polar surface area (TPSA) is 43.6 Å². The van der Waals surface area contributed by atoms with Gasteiger partial charge < -0.3 is 4.74 Å². The summed E-state index contributed by atoms with van der Waals surface area (Å²) in [5.41, 5.74) is 5.55. The van der Waals surface area contributed by atoms with E-state index in [9.17, 15) is 22.4 Å². The number of benzene rings is 2. The number of carbonyl (C=O) groups is 1. The van der Waals surface area contributed by atoms with E-state index >= 15 is 0 Å². The third-order valence-corrected chi connectivity index (χ3v) is 7.64. The fraction of sp³-hybridized carbons (Fsp3) is 0.474. The molecule has 46 heavy (non-hydrogen) atoms. The van der Waals surface area contributed by atoms with Crippen molar-refractivity contribution >= 4 is 11.4 Å². The minimum atomic E-state index is -3.12. The molecule has 0 aliphatic carbocycles. The fourth-order valence-corrected chi connectivity index (χ4v) is 5.20. The van der Waals surface area contributed by atoms with E-state index in [0.29, 0.717) is 11.6 Å². The van der Waals surface area contributed by atoms with Gasteiger partial charge in [-0.15, -0.1) is 0 Å². The molecule has 252 valence electrons. The Kier molecular flexibility index (Phi) is 15.5. The summed E-state index contributed by atoms with van der Waals surface area (Å²) < 4.78 is 57.9. The van der Waals surface area contributed by atoms with Crippen LogP contribution in [0.15, 0.2) is 54.7 Å².